The molecule has 0 aliphatic rings. The van der Waals surface area contributed by atoms with Crippen LogP contribution in [0.4, 0.5) is 0 Å². The lowest BCUT2D eigenvalue weighted by atomic mass is 10.0. The van der Waals surface area contributed by atoms with Gasteiger partial charge in [-0.25, -0.2) is 4.79 Å². The number of benzene rings is 1. The highest BCUT2D eigenvalue weighted by Crippen LogP contribution is 2.26. The minimum absolute atomic E-state index is 0.435. The van der Waals surface area contributed by atoms with Gasteiger partial charge in [0.15, 0.2) is 6.10 Å². The number of halogens is 1. The van der Waals surface area contributed by atoms with Gasteiger partial charge in [0.2, 0.25) is 0 Å². The molecule has 0 heterocycles. The fourth-order valence-electron chi connectivity index (χ4n) is 1.26. The molecule has 1 rings (SSSR count). The second-order valence-corrected chi connectivity index (χ2v) is 4.06. The van der Waals surface area contributed by atoms with E-state index < -0.39 is 12.1 Å². The van der Waals surface area contributed by atoms with E-state index in [1.807, 2.05) is 13.0 Å². The molecule has 0 aliphatic carbocycles. The number of hydrogen-bond donors (Lipinski definition) is 2. The third-order valence-electron chi connectivity index (χ3n) is 2.06. The van der Waals surface area contributed by atoms with E-state index in [0.29, 0.717) is 5.56 Å². The summed E-state index contributed by atoms with van der Waals surface area (Å²) >= 11 is 3.31. The van der Waals surface area contributed by atoms with E-state index in [-0.39, 0.29) is 0 Å². The normalized spacial score (nSPS) is 12.6. The van der Waals surface area contributed by atoms with Gasteiger partial charge < -0.3 is 10.2 Å². The summed E-state index contributed by atoms with van der Waals surface area (Å²) in [6.07, 6.45) is -1.45. The predicted octanol–water partition coefficient (Wildman–Crippen LogP) is 2.18. The zero-order chi connectivity index (χ0) is 10.9. The summed E-state index contributed by atoms with van der Waals surface area (Å²) < 4.78 is 0.813. The first-order valence-corrected chi connectivity index (χ1v) is 4.90. The molecule has 0 radical (unpaired) electrons. The van der Waals surface area contributed by atoms with E-state index in [0.717, 1.165) is 15.6 Å². The summed E-state index contributed by atoms with van der Waals surface area (Å²) in [7, 11) is 0. The van der Waals surface area contributed by atoms with Gasteiger partial charge >= 0.3 is 5.97 Å². The Morgan fingerprint density at radius 3 is 2.50 bits per heavy atom. The molecule has 0 aromatic heterocycles. The number of carbonyl (C=O) groups is 1. The molecular formula is C10H11BrO3. The number of aliphatic hydroxyl groups excluding tert-OH is 1. The van der Waals surface area contributed by atoms with Crippen molar-refractivity contribution < 1.29 is 15.0 Å². The second kappa shape index (κ2) is 4.11. The number of carboxylic acid groups (broad SMARTS) is 1. The average Bonchev–Trinajstić information content (AvgIpc) is 2.09. The molecular weight excluding hydrogens is 248 g/mol. The van der Waals surface area contributed by atoms with Crippen molar-refractivity contribution in [2.24, 2.45) is 0 Å². The molecule has 4 heteroatoms. The summed E-state index contributed by atoms with van der Waals surface area (Å²) in [6, 6.07) is 3.56. The van der Waals surface area contributed by atoms with Gasteiger partial charge in [0.25, 0.3) is 0 Å². The maximum absolute atomic E-state index is 10.6. The second-order valence-electron chi connectivity index (χ2n) is 3.20. The van der Waals surface area contributed by atoms with Crippen LogP contribution in [0.25, 0.3) is 0 Å². The van der Waals surface area contributed by atoms with Crippen LogP contribution >= 0.6 is 15.9 Å². The van der Waals surface area contributed by atoms with E-state index >= 15 is 0 Å². The Kier molecular flexibility index (Phi) is 3.29. The maximum Gasteiger partial charge on any atom is 0.337 e. The lowest BCUT2D eigenvalue weighted by Gasteiger charge is -2.12. The van der Waals surface area contributed by atoms with Gasteiger partial charge in [-0.1, -0.05) is 22.0 Å². The molecule has 2 N–H and O–H groups in total. The van der Waals surface area contributed by atoms with Crippen molar-refractivity contribution in [3.8, 4) is 0 Å². The highest BCUT2D eigenvalue weighted by atomic mass is 79.9. The van der Waals surface area contributed by atoms with Crippen LogP contribution in [0.3, 0.4) is 0 Å². The molecule has 1 aromatic rings. The standard InChI is InChI=1S/C10H11BrO3/c1-5-3-7(9(12)10(13)14)6(2)8(11)4-5/h3-4,9,12H,1-2H3,(H,13,14). The van der Waals surface area contributed by atoms with Crippen molar-refractivity contribution in [1.29, 1.82) is 0 Å². The van der Waals surface area contributed by atoms with Crippen LogP contribution in [0.15, 0.2) is 16.6 Å². The smallest absolute Gasteiger partial charge is 0.337 e. The van der Waals surface area contributed by atoms with E-state index in [4.69, 9.17) is 5.11 Å². The molecule has 1 atom stereocenters. The Bertz CT molecular complexity index is 374. The first-order valence-electron chi connectivity index (χ1n) is 4.11. The van der Waals surface area contributed by atoms with Gasteiger partial charge in [-0.3, -0.25) is 0 Å². The molecule has 0 fully saturated rings. The summed E-state index contributed by atoms with van der Waals surface area (Å²) in [6.45, 7) is 3.62. The minimum Gasteiger partial charge on any atom is -0.479 e. The molecule has 0 amide bonds. The number of rotatable bonds is 2. The highest BCUT2D eigenvalue weighted by molar-refractivity contribution is 9.10. The monoisotopic (exact) mass is 258 g/mol. The van der Waals surface area contributed by atoms with Gasteiger partial charge in [0.1, 0.15) is 0 Å². The summed E-state index contributed by atoms with van der Waals surface area (Å²) in [5.74, 6) is -1.23. The molecule has 0 saturated heterocycles. The summed E-state index contributed by atoms with van der Waals surface area (Å²) in [5.41, 5.74) is 2.10. The van der Waals surface area contributed by atoms with Crippen LogP contribution in [-0.4, -0.2) is 16.2 Å². The van der Waals surface area contributed by atoms with Crippen molar-refractivity contribution in [1.82, 2.24) is 0 Å². The Morgan fingerprint density at radius 1 is 1.43 bits per heavy atom. The SMILES string of the molecule is Cc1cc(Br)c(C)c(C(O)C(=O)O)c1. The maximum atomic E-state index is 10.6. The van der Waals surface area contributed by atoms with E-state index in [1.54, 1.807) is 13.0 Å². The van der Waals surface area contributed by atoms with Crippen LogP contribution < -0.4 is 0 Å². The van der Waals surface area contributed by atoms with Crippen molar-refractivity contribution in [3.05, 3.63) is 33.3 Å². The Labute approximate surface area is 90.5 Å². The Balaban J connectivity index is 3.26. The Hall–Kier alpha value is -0.870. The van der Waals surface area contributed by atoms with Crippen LogP contribution in [0.5, 0.6) is 0 Å². The first-order chi connectivity index (χ1) is 6.43. The molecule has 0 spiro atoms. The number of hydrogen-bond acceptors (Lipinski definition) is 2. The predicted molar refractivity (Wildman–Crippen MR) is 56.2 cm³/mol. The van der Waals surface area contributed by atoms with Gasteiger partial charge in [-0.05, 0) is 36.6 Å². The van der Waals surface area contributed by atoms with Crippen LogP contribution in [0.1, 0.15) is 22.8 Å². The third kappa shape index (κ3) is 2.13. The highest BCUT2D eigenvalue weighted by Gasteiger charge is 2.19. The lowest BCUT2D eigenvalue weighted by Crippen LogP contribution is -2.12. The quantitative estimate of drug-likeness (QED) is 0.855. The van der Waals surface area contributed by atoms with Gasteiger partial charge in [-0.15, -0.1) is 0 Å². The van der Waals surface area contributed by atoms with Crippen LogP contribution in [0, 0.1) is 13.8 Å². The summed E-state index contributed by atoms with van der Waals surface area (Å²) in [5, 5.41) is 18.1. The molecule has 0 aliphatic heterocycles. The average molecular weight is 259 g/mol. The molecule has 0 saturated carbocycles. The fraction of sp³-hybridized carbons (Fsp3) is 0.300. The molecule has 14 heavy (non-hydrogen) atoms. The van der Waals surface area contributed by atoms with Gasteiger partial charge in [0, 0.05) is 4.47 Å². The van der Waals surface area contributed by atoms with E-state index in [9.17, 15) is 9.90 Å². The van der Waals surface area contributed by atoms with E-state index in [2.05, 4.69) is 15.9 Å². The molecule has 1 aromatic carbocycles. The fourth-order valence-corrected chi connectivity index (χ4v) is 1.85. The van der Waals surface area contributed by atoms with Crippen molar-refractivity contribution in [3.63, 3.8) is 0 Å². The molecule has 76 valence electrons. The van der Waals surface area contributed by atoms with Crippen LogP contribution in [-0.2, 0) is 4.79 Å². The topological polar surface area (TPSA) is 57.5 Å². The Morgan fingerprint density at radius 2 is 2.00 bits per heavy atom. The molecule has 0 bridgehead atoms. The zero-order valence-electron chi connectivity index (χ0n) is 7.91. The first kappa shape index (κ1) is 11.2. The largest absolute Gasteiger partial charge is 0.479 e. The summed E-state index contributed by atoms with van der Waals surface area (Å²) in [4.78, 5) is 10.6. The number of aryl methyl sites for hydroxylation is 1. The van der Waals surface area contributed by atoms with Crippen molar-refractivity contribution >= 4 is 21.9 Å². The third-order valence-corrected chi connectivity index (χ3v) is 2.88. The van der Waals surface area contributed by atoms with Crippen molar-refractivity contribution in [2.75, 3.05) is 0 Å². The van der Waals surface area contributed by atoms with Crippen molar-refractivity contribution in [2.45, 2.75) is 20.0 Å². The zero-order valence-corrected chi connectivity index (χ0v) is 9.50. The molecule has 3 nitrogen and oxygen atoms in total. The lowest BCUT2D eigenvalue weighted by molar-refractivity contribution is -0.147. The van der Waals surface area contributed by atoms with Gasteiger partial charge in [-0.2, -0.15) is 0 Å². The van der Waals surface area contributed by atoms with E-state index in [1.165, 1.54) is 0 Å². The number of aliphatic carboxylic acids is 1. The number of aliphatic hydroxyl groups is 1. The number of carboxylic acids is 1. The van der Waals surface area contributed by atoms with Gasteiger partial charge in [0.05, 0.1) is 0 Å². The minimum atomic E-state index is -1.45. The molecule has 1 unspecified atom stereocenters. The van der Waals surface area contributed by atoms with Crippen LogP contribution in [0.2, 0.25) is 0 Å².